The van der Waals surface area contributed by atoms with E-state index in [0.717, 1.165) is 35.9 Å². The van der Waals surface area contributed by atoms with Crippen LogP contribution in [0.3, 0.4) is 0 Å². The molecule has 0 amide bonds. The lowest BCUT2D eigenvalue weighted by Crippen LogP contribution is -2.37. The molecule has 4 heterocycles. The fourth-order valence-electron chi connectivity index (χ4n) is 2.97. The third kappa shape index (κ3) is 2.50. The van der Waals surface area contributed by atoms with Crippen molar-refractivity contribution >= 4 is 23.1 Å². The van der Waals surface area contributed by atoms with Gasteiger partial charge in [0.05, 0.1) is 24.6 Å². The van der Waals surface area contributed by atoms with E-state index in [1.165, 1.54) is 6.07 Å². The molecule has 0 radical (unpaired) electrons. The second-order valence-corrected chi connectivity index (χ2v) is 5.94. The van der Waals surface area contributed by atoms with Crippen molar-refractivity contribution in [3.63, 3.8) is 0 Å². The van der Waals surface area contributed by atoms with Crippen molar-refractivity contribution in [2.24, 2.45) is 0 Å². The number of rotatable bonds is 2. The van der Waals surface area contributed by atoms with Crippen LogP contribution in [0.25, 0.3) is 16.9 Å². The molecule has 1 fully saturated rings. The van der Waals surface area contributed by atoms with Crippen molar-refractivity contribution in [2.75, 3.05) is 31.2 Å². The number of fused-ring (bicyclic) bond motifs is 1. The van der Waals surface area contributed by atoms with Crippen LogP contribution in [0.1, 0.15) is 5.69 Å². The van der Waals surface area contributed by atoms with Crippen LogP contribution in [0.4, 0.5) is 10.2 Å². The van der Waals surface area contributed by atoms with E-state index in [-0.39, 0.29) is 5.15 Å². The van der Waals surface area contributed by atoms with Crippen molar-refractivity contribution in [1.82, 2.24) is 19.4 Å². The first kappa shape index (κ1) is 15.3. The SMILES string of the molecule is Cc1nc2c(N3CCOCC3)nccn2c1-c1cnc(Cl)c(F)c1. The quantitative estimate of drug-likeness (QED) is 0.667. The molecule has 6 nitrogen and oxygen atoms in total. The number of pyridine rings is 1. The summed E-state index contributed by atoms with van der Waals surface area (Å²) in [6.45, 7) is 4.76. The molecule has 3 aromatic heterocycles. The van der Waals surface area contributed by atoms with Crippen molar-refractivity contribution in [2.45, 2.75) is 6.92 Å². The maximum absolute atomic E-state index is 13.8. The van der Waals surface area contributed by atoms with Crippen LogP contribution in [-0.2, 0) is 4.74 Å². The average Bonchev–Trinajstić information content (AvgIpc) is 2.94. The number of aryl methyl sites for hydroxylation is 1. The molecule has 0 unspecified atom stereocenters. The standard InChI is InChI=1S/C16H15ClFN5O/c1-10-13(11-8-12(18)14(17)20-9-11)23-3-2-19-15(16(23)21-10)22-4-6-24-7-5-22/h2-3,8-9H,4-7H2,1H3. The number of aromatic nitrogens is 4. The number of hydrogen-bond acceptors (Lipinski definition) is 5. The van der Waals surface area contributed by atoms with Gasteiger partial charge in [-0.3, -0.25) is 4.40 Å². The summed E-state index contributed by atoms with van der Waals surface area (Å²) in [5.41, 5.74) is 2.93. The minimum absolute atomic E-state index is 0.138. The van der Waals surface area contributed by atoms with Gasteiger partial charge in [0.1, 0.15) is 0 Å². The fraction of sp³-hybridized carbons (Fsp3) is 0.312. The molecule has 124 valence electrons. The Bertz CT molecular complexity index is 907. The van der Waals surface area contributed by atoms with Gasteiger partial charge in [0, 0.05) is 37.2 Å². The van der Waals surface area contributed by atoms with E-state index < -0.39 is 5.82 Å². The lowest BCUT2D eigenvalue weighted by molar-refractivity contribution is 0.122. The maximum Gasteiger partial charge on any atom is 0.181 e. The molecule has 1 aliphatic heterocycles. The molecular formula is C16H15ClFN5O. The summed E-state index contributed by atoms with van der Waals surface area (Å²) < 4.78 is 21.1. The van der Waals surface area contributed by atoms with E-state index in [1.54, 1.807) is 12.4 Å². The van der Waals surface area contributed by atoms with Gasteiger partial charge in [-0.25, -0.2) is 19.3 Å². The molecule has 0 N–H and O–H groups in total. The minimum Gasteiger partial charge on any atom is -0.378 e. The predicted octanol–water partition coefficient (Wildman–Crippen LogP) is 2.73. The number of halogens is 2. The van der Waals surface area contributed by atoms with Crippen molar-refractivity contribution in [3.8, 4) is 11.3 Å². The molecule has 0 bridgehead atoms. The van der Waals surface area contributed by atoms with Gasteiger partial charge >= 0.3 is 0 Å². The summed E-state index contributed by atoms with van der Waals surface area (Å²) in [6, 6.07) is 1.38. The average molecular weight is 348 g/mol. The Kier molecular flexibility index (Phi) is 3.82. The second-order valence-electron chi connectivity index (χ2n) is 5.59. The van der Waals surface area contributed by atoms with Crippen LogP contribution in [-0.4, -0.2) is 45.7 Å². The Morgan fingerprint density at radius 1 is 1.25 bits per heavy atom. The molecule has 0 saturated carbocycles. The molecule has 0 aliphatic carbocycles. The van der Waals surface area contributed by atoms with E-state index in [4.69, 9.17) is 16.3 Å². The number of anilines is 1. The largest absolute Gasteiger partial charge is 0.378 e. The highest BCUT2D eigenvalue weighted by atomic mass is 35.5. The molecule has 24 heavy (non-hydrogen) atoms. The van der Waals surface area contributed by atoms with Crippen LogP contribution in [0.2, 0.25) is 5.15 Å². The van der Waals surface area contributed by atoms with Gasteiger partial charge in [-0.1, -0.05) is 11.6 Å². The molecule has 0 atom stereocenters. The number of imidazole rings is 1. The topological polar surface area (TPSA) is 55.5 Å². The Morgan fingerprint density at radius 3 is 2.79 bits per heavy atom. The summed E-state index contributed by atoms with van der Waals surface area (Å²) in [5, 5.41) is -0.138. The zero-order valence-electron chi connectivity index (χ0n) is 13.0. The predicted molar refractivity (Wildman–Crippen MR) is 89.0 cm³/mol. The van der Waals surface area contributed by atoms with Crippen LogP contribution < -0.4 is 4.90 Å². The van der Waals surface area contributed by atoms with Gasteiger partial charge in [0.2, 0.25) is 0 Å². The summed E-state index contributed by atoms with van der Waals surface area (Å²) in [4.78, 5) is 15.2. The summed E-state index contributed by atoms with van der Waals surface area (Å²) in [7, 11) is 0. The Morgan fingerprint density at radius 2 is 2.04 bits per heavy atom. The maximum atomic E-state index is 13.8. The van der Waals surface area contributed by atoms with Gasteiger partial charge in [-0.15, -0.1) is 0 Å². The first-order valence-electron chi connectivity index (χ1n) is 7.63. The molecule has 3 aromatic rings. The van der Waals surface area contributed by atoms with Crippen molar-refractivity contribution < 1.29 is 9.13 Å². The Balaban J connectivity index is 1.88. The fourth-order valence-corrected chi connectivity index (χ4v) is 3.08. The van der Waals surface area contributed by atoms with E-state index >= 15 is 0 Å². The first-order valence-corrected chi connectivity index (χ1v) is 8.00. The Labute approximate surface area is 142 Å². The third-order valence-corrected chi connectivity index (χ3v) is 4.36. The van der Waals surface area contributed by atoms with Crippen molar-refractivity contribution in [1.29, 1.82) is 0 Å². The van der Waals surface area contributed by atoms with Gasteiger partial charge in [0.25, 0.3) is 0 Å². The van der Waals surface area contributed by atoms with Gasteiger partial charge < -0.3 is 9.64 Å². The normalized spacial score (nSPS) is 15.2. The molecule has 1 aliphatic rings. The highest BCUT2D eigenvalue weighted by molar-refractivity contribution is 6.29. The van der Waals surface area contributed by atoms with Gasteiger partial charge in [0.15, 0.2) is 22.4 Å². The lowest BCUT2D eigenvalue weighted by atomic mass is 10.2. The number of morpholine rings is 1. The molecule has 0 aromatic carbocycles. The Hall–Kier alpha value is -2.25. The van der Waals surface area contributed by atoms with Gasteiger partial charge in [-0.2, -0.15) is 0 Å². The number of hydrogen-bond donors (Lipinski definition) is 0. The number of nitrogens with zero attached hydrogens (tertiary/aromatic N) is 5. The smallest absolute Gasteiger partial charge is 0.181 e. The van der Waals surface area contributed by atoms with Crippen LogP contribution in [0.15, 0.2) is 24.7 Å². The van der Waals surface area contributed by atoms with Crippen LogP contribution in [0, 0.1) is 12.7 Å². The summed E-state index contributed by atoms with van der Waals surface area (Å²) in [6.07, 6.45) is 5.10. The van der Waals surface area contributed by atoms with Crippen molar-refractivity contribution in [3.05, 3.63) is 41.3 Å². The monoisotopic (exact) mass is 347 g/mol. The molecule has 8 heteroatoms. The van der Waals surface area contributed by atoms with Crippen LogP contribution >= 0.6 is 11.6 Å². The summed E-state index contributed by atoms with van der Waals surface area (Å²) in [5.74, 6) is 0.253. The zero-order chi connectivity index (χ0) is 16.7. The van der Waals surface area contributed by atoms with E-state index in [9.17, 15) is 4.39 Å². The van der Waals surface area contributed by atoms with E-state index in [2.05, 4.69) is 19.9 Å². The minimum atomic E-state index is -0.550. The summed E-state index contributed by atoms with van der Waals surface area (Å²) >= 11 is 5.69. The molecular weight excluding hydrogens is 333 g/mol. The van der Waals surface area contributed by atoms with E-state index in [0.29, 0.717) is 18.8 Å². The first-order chi connectivity index (χ1) is 11.6. The molecule has 1 saturated heterocycles. The highest BCUT2D eigenvalue weighted by Gasteiger charge is 2.20. The second kappa shape index (κ2) is 5.99. The molecule has 4 rings (SSSR count). The third-order valence-electron chi connectivity index (χ3n) is 4.08. The zero-order valence-corrected chi connectivity index (χ0v) is 13.8. The number of ether oxygens (including phenoxy) is 1. The highest BCUT2D eigenvalue weighted by Crippen LogP contribution is 2.29. The molecule has 0 spiro atoms. The lowest BCUT2D eigenvalue weighted by Gasteiger charge is -2.27. The van der Waals surface area contributed by atoms with Crippen LogP contribution in [0.5, 0.6) is 0 Å². The van der Waals surface area contributed by atoms with E-state index in [1.807, 2.05) is 17.5 Å². The van der Waals surface area contributed by atoms with Gasteiger partial charge in [-0.05, 0) is 13.0 Å².